The lowest BCUT2D eigenvalue weighted by Crippen LogP contribution is -2.34. The van der Waals surface area contributed by atoms with E-state index in [2.05, 4.69) is 15.0 Å². The van der Waals surface area contributed by atoms with E-state index in [1.54, 1.807) is 0 Å². The van der Waals surface area contributed by atoms with Crippen LogP contribution in [0, 0.1) is 12.8 Å². The lowest BCUT2D eigenvalue weighted by molar-refractivity contribution is 0.0954. The maximum absolute atomic E-state index is 11.8. The number of hydrogen-bond donors (Lipinski definition) is 1. The number of fused-ring (bicyclic) bond motifs is 1. The van der Waals surface area contributed by atoms with Gasteiger partial charge in [0.2, 0.25) is 10.0 Å². The molecular weight excluding hydrogens is 280 g/mol. The second kappa shape index (κ2) is 6.64. The molecule has 1 aliphatic rings. The van der Waals surface area contributed by atoms with Crippen LogP contribution >= 0.6 is 0 Å². The van der Waals surface area contributed by atoms with Gasteiger partial charge in [-0.1, -0.05) is 18.6 Å². The average Bonchev–Trinajstić information content (AvgIpc) is 2.65. The lowest BCUT2D eigenvalue weighted by atomic mass is 10.1. The van der Waals surface area contributed by atoms with Gasteiger partial charge in [0.05, 0.1) is 30.4 Å². The van der Waals surface area contributed by atoms with Crippen molar-refractivity contribution in [1.82, 2.24) is 19.7 Å². The lowest BCUT2D eigenvalue weighted by Gasteiger charge is -2.14. The van der Waals surface area contributed by atoms with Crippen molar-refractivity contribution in [2.75, 3.05) is 18.9 Å². The van der Waals surface area contributed by atoms with Gasteiger partial charge in [0.1, 0.15) is 0 Å². The summed E-state index contributed by atoms with van der Waals surface area (Å²) in [6.45, 7) is 5.90. The molecule has 7 nitrogen and oxygen atoms in total. The largest absolute Gasteiger partial charge is 0.375 e. The molecule has 114 valence electrons. The van der Waals surface area contributed by atoms with Crippen molar-refractivity contribution in [3.8, 4) is 0 Å². The number of ether oxygens (including phenoxy) is 1. The fraction of sp³-hybridized carbons (Fsp3) is 0.833. The molecule has 8 heteroatoms. The van der Waals surface area contributed by atoms with Crippen molar-refractivity contribution in [2.45, 2.75) is 39.8 Å². The standard InChI is InChI=1S/C12H22N4O3S/c1-3-4-5-20(17,18)13-6-11-7-16-12(9-19-8-11)10(2)14-15-16/h11,13H,3-9H2,1-2H3/t11-/m1/s1. The highest BCUT2D eigenvalue weighted by atomic mass is 32.2. The summed E-state index contributed by atoms with van der Waals surface area (Å²) in [6.07, 6.45) is 1.55. The number of hydrogen-bond acceptors (Lipinski definition) is 5. The monoisotopic (exact) mass is 302 g/mol. The van der Waals surface area contributed by atoms with E-state index in [0.29, 0.717) is 32.7 Å². The van der Waals surface area contributed by atoms with Gasteiger partial charge in [-0.05, 0) is 13.3 Å². The van der Waals surface area contributed by atoms with Crippen LogP contribution in [0.15, 0.2) is 0 Å². The molecule has 0 aromatic carbocycles. The molecule has 2 rings (SSSR count). The summed E-state index contributed by atoms with van der Waals surface area (Å²) >= 11 is 0. The smallest absolute Gasteiger partial charge is 0.211 e. The summed E-state index contributed by atoms with van der Waals surface area (Å²) in [5.74, 6) is 0.263. The number of rotatable bonds is 6. The number of nitrogens with zero attached hydrogens (tertiary/aromatic N) is 3. The molecular formula is C12H22N4O3S. The zero-order valence-corrected chi connectivity index (χ0v) is 12.8. The van der Waals surface area contributed by atoms with Crippen LogP contribution < -0.4 is 4.72 Å². The molecule has 0 saturated carbocycles. The van der Waals surface area contributed by atoms with Gasteiger partial charge in [-0.3, -0.25) is 0 Å². The average molecular weight is 302 g/mol. The maximum atomic E-state index is 11.8. The first kappa shape index (κ1) is 15.4. The Bertz CT molecular complexity index is 541. The molecule has 0 fully saturated rings. The third kappa shape index (κ3) is 4.00. The fourth-order valence-electron chi connectivity index (χ4n) is 2.14. The number of unbranched alkanes of at least 4 members (excludes halogenated alkanes) is 1. The Kier molecular flexibility index (Phi) is 5.11. The van der Waals surface area contributed by atoms with Crippen molar-refractivity contribution < 1.29 is 13.2 Å². The van der Waals surface area contributed by atoms with E-state index in [1.807, 2.05) is 18.5 Å². The molecule has 0 aliphatic carbocycles. The molecule has 0 unspecified atom stereocenters. The first-order valence-corrected chi connectivity index (χ1v) is 8.61. The summed E-state index contributed by atoms with van der Waals surface area (Å²) in [5.41, 5.74) is 1.84. The Morgan fingerprint density at radius 3 is 3.05 bits per heavy atom. The molecule has 0 amide bonds. The Balaban J connectivity index is 1.91. The van der Waals surface area contributed by atoms with Crippen LogP contribution in [0.25, 0.3) is 0 Å². The second-order valence-corrected chi connectivity index (χ2v) is 7.13. The van der Waals surface area contributed by atoms with E-state index in [9.17, 15) is 8.42 Å². The number of aryl methyl sites for hydroxylation is 1. The van der Waals surface area contributed by atoms with E-state index in [0.717, 1.165) is 17.8 Å². The normalized spacial score (nSPS) is 19.6. The van der Waals surface area contributed by atoms with Gasteiger partial charge in [-0.2, -0.15) is 0 Å². The Hall–Kier alpha value is -0.990. The minimum Gasteiger partial charge on any atom is -0.375 e. The zero-order valence-electron chi connectivity index (χ0n) is 12.0. The molecule has 1 aliphatic heterocycles. The van der Waals surface area contributed by atoms with E-state index in [4.69, 9.17) is 4.74 Å². The van der Waals surface area contributed by atoms with Crippen molar-refractivity contribution in [1.29, 1.82) is 0 Å². The molecule has 20 heavy (non-hydrogen) atoms. The second-order valence-electron chi connectivity index (χ2n) is 5.21. The number of aromatic nitrogens is 3. The van der Waals surface area contributed by atoms with Crippen molar-refractivity contribution in [3.05, 3.63) is 11.4 Å². The first-order chi connectivity index (χ1) is 9.52. The first-order valence-electron chi connectivity index (χ1n) is 6.96. The Morgan fingerprint density at radius 1 is 1.50 bits per heavy atom. The van der Waals surface area contributed by atoms with Gasteiger partial charge in [-0.15, -0.1) is 5.10 Å². The summed E-state index contributed by atoms with van der Waals surface area (Å²) in [4.78, 5) is 0. The van der Waals surface area contributed by atoms with Gasteiger partial charge in [0.15, 0.2) is 0 Å². The molecule has 0 radical (unpaired) electrons. The Morgan fingerprint density at radius 2 is 2.30 bits per heavy atom. The Labute approximate surface area is 119 Å². The van der Waals surface area contributed by atoms with Crippen LogP contribution in [0.2, 0.25) is 0 Å². The summed E-state index contributed by atoms with van der Waals surface area (Å²) in [5, 5.41) is 8.09. The number of sulfonamides is 1. The highest BCUT2D eigenvalue weighted by molar-refractivity contribution is 7.89. The van der Waals surface area contributed by atoms with Crippen molar-refractivity contribution >= 4 is 10.0 Å². The highest BCUT2D eigenvalue weighted by Gasteiger charge is 2.21. The third-order valence-corrected chi connectivity index (χ3v) is 4.85. The number of nitrogens with one attached hydrogen (secondary N) is 1. The molecule has 0 saturated heterocycles. The van der Waals surface area contributed by atoms with Gasteiger partial charge >= 0.3 is 0 Å². The fourth-order valence-corrected chi connectivity index (χ4v) is 3.44. The summed E-state index contributed by atoms with van der Waals surface area (Å²) in [7, 11) is -3.18. The van der Waals surface area contributed by atoms with Crippen LogP contribution in [0.1, 0.15) is 31.2 Å². The van der Waals surface area contributed by atoms with Crippen LogP contribution in [0.3, 0.4) is 0 Å². The molecule has 1 N–H and O–H groups in total. The quantitative estimate of drug-likeness (QED) is 0.824. The molecule has 1 atom stereocenters. The summed E-state index contributed by atoms with van der Waals surface area (Å²) in [6, 6.07) is 0. The SMILES string of the molecule is CCCCS(=O)(=O)NC[C@H]1COCc2c(C)nnn2C1. The van der Waals surface area contributed by atoms with Crippen LogP contribution in [-0.4, -0.2) is 42.3 Å². The van der Waals surface area contributed by atoms with Crippen LogP contribution in [-0.2, 0) is 27.9 Å². The summed E-state index contributed by atoms with van der Waals surface area (Å²) < 4.78 is 33.6. The van der Waals surface area contributed by atoms with E-state index in [1.165, 1.54) is 0 Å². The molecule has 2 heterocycles. The van der Waals surface area contributed by atoms with E-state index < -0.39 is 10.0 Å². The minimum atomic E-state index is -3.18. The van der Waals surface area contributed by atoms with Gasteiger partial charge in [-0.25, -0.2) is 17.8 Å². The molecule has 1 aromatic heterocycles. The maximum Gasteiger partial charge on any atom is 0.211 e. The minimum absolute atomic E-state index is 0.0775. The predicted molar refractivity (Wildman–Crippen MR) is 74.6 cm³/mol. The van der Waals surface area contributed by atoms with Gasteiger partial charge in [0, 0.05) is 19.0 Å². The molecule has 0 bridgehead atoms. The van der Waals surface area contributed by atoms with Gasteiger partial charge in [0.25, 0.3) is 0 Å². The van der Waals surface area contributed by atoms with Crippen LogP contribution in [0.4, 0.5) is 0 Å². The molecule has 1 aromatic rings. The van der Waals surface area contributed by atoms with E-state index >= 15 is 0 Å². The third-order valence-electron chi connectivity index (χ3n) is 3.41. The van der Waals surface area contributed by atoms with E-state index in [-0.39, 0.29) is 11.7 Å². The zero-order chi connectivity index (χ0) is 14.6. The topological polar surface area (TPSA) is 86.1 Å². The van der Waals surface area contributed by atoms with Crippen molar-refractivity contribution in [2.24, 2.45) is 5.92 Å². The molecule has 0 spiro atoms. The highest BCUT2D eigenvalue weighted by Crippen LogP contribution is 2.14. The van der Waals surface area contributed by atoms with Gasteiger partial charge < -0.3 is 4.74 Å². The van der Waals surface area contributed by atoms with Crippen LogP contribution in [0.5, 0.6) is 0 Å². The predicted octanol–water partition coefficient (Wildman–Crippen LogP) is 0.452. The van der Waals surface area contributed by atoms with Crippen molar-refractivity contribution in [3.63, 3.8) is 0 Å².